The van der Waals surface area contributed by atoms with Gasteiger partial charge in [0.25, 0.3) is 0 Å². The van der Waals surface area contributed by atoms with Crippen LogP contribution in [-0.4, -0.2) is 19.1 Å². The number of aryl methyl sites for hydroxylation is 2. The van der Waals surface area contributed by atoms with Crippen molar-refractivity contribution in [1.82, 2.24) is 4.98 Å². The van der Waals surface area contributed by atoms with E-state index in [1.54, 1.807) is 5.56 Å². The van der Waals surface area contributed by atoms with Crippen molar-refractivity contribution in [3.8, 4) is 0 Å². The molecule has 0 saturated heterocycles. The van der Waals surface area contributed by atoms with Crippen LogP contribution in [0.25, 0.3) is 10.9 Å². The van der Waals surface area contributed by atoms with Crippen LogP contribution in [0.2, 0.25) is 0 Å². The van der Waals surface area contributed by atoms with Crippen LogP contribution in [-0.2, 0) is 12.8 Å². The summed E-state index contributed by atoms with van der Waals surface area (Å²) in [5.74, 6) is 1.17. The molecule has 3 rings (SSSR count). The van der Waals surface area contributed by atoms with Crippen molar-refractivity contribution in [2.24, 2.45) is 0 Å². The van der Waals surface area contributed by atoms with Crippen LogP contribution >= 0.6 is 0 Å². The minimum atomic E-state index is 1.14. The van der Waals surface area contributed by atoms with Gasteiger partial charge in [-0.05, 0) is 55.9 Å². The Morgan fingerprint density at radius 1 is 1.06 bits per heavy atom. The van der Waals surface area contributed by atoms with E-state index in [1.807, 2.05) is 0 Å². The van der Waals surface area contributed by atoms with Gasteiger partial charge >= 0.3 is 0 Å². The third-order valence-electron chi connectivity index (χ3n) is 3.86. The largest absolute Gasteiger partial charge is 0.362 e. The topological polar surface area (TPSA) is 16.1 Å². The van der Waals surface area contributed by atoms with Crippen LogP contribution in [0, 0.1) is 6.92 Å². The van der Waals surface area contributed by atoms with E-state index in [0.29, 0.717) is 0 Å². The van der Waals surface area contributed by atoms with E-state index in [-0.39, 0.29) is 0 Å². The molecule has 0 unspecified atom stereocenters. The smallest absolute Gasteiger partial charge is 0.132 e. The summed E-state index contributed by atoms with van der Waals surface area (Å²) in [5.41, 5.74) is 5.49. The first-order valence-electron chi connectivity index (χ1n) is 6.76. The van der Waals surface area contributed by atoms with Crippen LogP contribution in [0.3, 0.4) is 0 Å². The average molecular weight is 240 g/mol. The summed E-state index contributed by atoms with van der Waals surface area (Å²) in [5, 5.41) is 1.37. The molecule has 2 nitrogen and oxygen atoms in total. The highest BCUT2D eigenvalue weighted by Crippen LogP contribution is 2.33. The lowest BCUT2D eigenvalue weighted by molar-refractivity contribution is 0.686. The summed E-state index contributed by atoms with van der Waals surface area (Å²) in [6, 6.07) is 6.61. The van der Waals surface area contributed by atoms with Gasteiger partial charge in [-0.1, -0.05) is 11.6 Å². The molecule has 94 valence electrons. The fourth-order valence-corrected chi connectivity index (χ4v) is 2.99. The SMILES string of the molecule is Cc1ccc2nc(N(C)C)c3c(c2c1)CCCC3. The van der Waals surface area contributed by atoms with Gasteiger partial charge in [-0.25, -0.2) is 4.98 Å². The molecule has 0 saturated carbocycles. The third-order valence-corrected chi connectivity index (χ3v) is 3.86. The second kappa shape index (κ2) is 4.27. The van der Waals surface area contributed by atoms with Gasteiger partial charge in [-0.3, -0.25) is 0 Å². The Labute approximate surface area is 109 Å². The molecule has 0 aliphatic heterocycles. The lowest BCUT2D eigenvalue weighted by Crippen LogP contribution is -2.17. The van der Waals surface area contributed by atoms with Gasteiger partial charge in [-0.15, -0.1) is 0 Å². The van der Waals surface area contributed by atoms with Crippen LogP contribution < -0.4 is 4.90 Å². The van der Waals surface area contributed by atoms with E-state index in [9.17, 15) is 0 Å². The maximum absolute atomic E-state index is 4.86. The molecule has 1 aromatic carbocycles. The number of hydrogen-bond donors (Lipinski definition) is 0. The van der Waals surface area contributed by atoms with E-state index in [4.69, 9.17) is 4.98 Å². The number of nitrogens with zero attached hydrogens (tertiary/aromatic N) is 2. The molecule has 0 atom stereocenters. The molecule has 0 bridgehead atoms. The number of hydrogen-bond acceptors (Lipinski definition) is 2. The zero-order chi connectivity index (χ0) is 12.7. The highest BCUT2D eigenvalue weighted by molar-refractivity contribution is 5.87. The van der Waals surface area contributed by atoms with Crippen molar-refractivity contribution < 1.29 is 0 Å². The second-order valence-electron chi connectivity index (χ2n) is 5.51. The number of benzene rings is 1. The predicted octanol–water partition coefficient (Wildman–Crippen LogP) is 3.49. The summed E-state index contributed by atoms with van der Waals surface area (Å²) in [6.07, 6.45) is 5.00. The first-order chi connectivity index (χ1) is 8.66. The normalized spacial score (nSPS) is 14.6. The number of anilines is 1. The van der Waals surface area contributed by atoms with Gasteiger partial charge in [0, 0.05) is 19.5 Å². The van der Waals surface area contributed by atoms with Crippen LogP contribution in [0.15, 0.2) is 18.2 Å². The summed E-state index contributed by atoms with van der Waals surface area (Å²) in [6.45, 7) is 2.16. The van der Waals surface area contributed by atoms with Gasteiger partial charge in [0.2, 0.25) is 0 Å². The van der Waals surface area contributed by atoms with Gasteiger partial charge in [0.05, 0.1) is 5.52 Å². The summed E-state index contributed by atoms with van der Waals surface area (Å²) < 4.78 is 0. The zero-order valence-corrected chi connectivity index (χ0v) is 11.5. The van der Waals surface area contributed by atoms with Gasteiger partial charge in [0.1, 0.15) is 5.82 Å². The maximum atomic E-state index is 4.86. The molecule has 1 aliphatic carbocycles. The number of fused-ring (bicyclic) bond motifs is 3. The molecule has 1 aromatic heterocycles. The van der Waals surface area contributed by atoms with Crippen molar-refractivity contribution in [2.45, 2.75) is 32.6 Å². The van der Waals surface area contributed by atoms with Gasteiger partial charge in [-0.2, -0.15) is 0 Å². The summed E-state index contributed by atoms with van der Waals surface area (Å²) >= 11 is 0. The Balaban J connectivity index is 2.35. The fourth-order valence-electron chi connectivity index (χ4n) is 2.99. The van der Waals surface area contributed by atoms with E-state index in [2.05, 4.69) is 44.1 Å². The van der Waals surface area contributed by atoms with Crippen LogP contribution in [0.4, 0.5) is 5.82 Å². The number of aromatic nitrogens is 1. The molecular formula is C16H20N2. The Kier molecular flexibility index (Phi) is 2.73. The lowest BCUT2D eigenvalue weighted by Gasteiger charge is -2.24. The first-order valence-corrected chi connectivity index (χ1v) is 6.76. The Morgan fingerprint density at radius 3 is 2.50 bits per heavy atom. The molecule has 0 spiro atoms. The monoisotopic (exact) mass is 240 g/mol. The van der Waals surface area contributed by atoms with Gasteiger partial charge in [0.15, 0.2) is 0 Å². The van der Waals surface area contributed by atoms with Crippen molar-refractivity contribution >= 4 is 16.7 Å². The molecular weight excluding hydrogens is 220 g/mol. The maximum Gasteiger partial charge on any atom is 0.132 e. The van der Waals surface area contributed by atoms with E-state index < -0.39 is 0 Å². The first kappa shape index (κ1) is 11.5. The Morgan fingerprint density at radius 2 is 1.78 bits per heavy atom. The second-order valence-corrected chi connectivity index (χ2v) is 5.51. The quantitative estimate of drug-likeness (QED) is 0.758. The third kappa shape index (κ3) is 1.76. The van der Waals surface area contributed by atoms with Gasteiger partial charge < -0.3 is 4.90 Å². The van der Waals surface area contributed by atoms with Crippen LogP contribution in [0.1, 0.15) is 29.5 Å². The number of rotatable bonds is 1. The Hall–Kier alpha value is -1.57. The molecule has 18 heavy (non-hydrogen) atoms. The molecule has 0 amide bonds. The van der Waals surface area contributed by atoms with Crippen molar-refractivity contribution in [1.29, 1.82) is 0 Å². The molecule has 1 heterocycles. The molecule has 0 radical (unpaired) electrons. The van der Waals surface area contributed by atoms with Crippen molar-refractivity contribution in [2.75, 3.05) is 19.0 Å². The van der Waals surface area contributed by atoms with Crippen molar-refractivity contribution in [3.05, 3.63) is 34.9 Å². The lowest BCUT2D eigenvalue weighted by atomic mass is 9.88. The summed E-state index contributed by atoms with van der Waals surface area (Å²) in [7, 11) is 4.19. The fraction of sp³-hybridized carbons (Fsp3) is 0.438. The van der Waals surface area contributed by atoms with E-state index in [0.717, 1.165) is 5.52 Å². The minimum Gasteiger partial charge on any atom is -0.362 e. The van der Waals surface area contributed by atoms with Crippen molar-refractivity contribution in [3.63, 3.8) is 0 Å². The van der Waals surface area contributed by atoms with E-state index >= 15 is 0 Å². The standard InChI is InChI=1S/C16H20N2/c1-11-8-9-15-14(10-11)12-6-4-5-7-13(12)16(17-15)18(2)3/h8-10H,4-7H2,1-3H3. The highest BCUT2D eigenvalue weighted by Gasteiger charge is 2.19. The number of pyridine rings is 1. The molecule has 2 heteroatoms. The molecule has 0 N–H and O–H groups in total. The summed E-state index contributed by atoms with van der Waals surface area (Å²) in [4.78, 5) is 7.01. The highest BCUT2D eigenvalue weighted by atomic mass is 15.1. The molecule has 0 fully saturated rings. The van der Waals surface area contributed by atoms with E-state index in [1.165, 1.54) is 48.0 Å². The average Bonchev–Trinajstić information content (AvgIpc) is 2.37. The minimum absolute atomic E-state index is 1.14. The van der Waals surface area contributed by atoms with Crippen LogP contribution in [0.5, 0.6) is 0 Å². The molecule has 1 aliphatic rings. The zero-order valence-electron chi connectivity index (χ0n) is 11.5. The Bertz CT molecular complexity index is 600. The molecule has 2 aromatic rings. The predicted molar refractivity (Wildman–Crippen MR) is 77.4 cm³/mol.